The number of likely N-dealkylation sites (tertiary alicyclic amines) is 1. The van der Waals surface area contributed by atoms with Crippen LogP contribution in [-0.4, -0.2) is 29.2 Å². The van der Waals surface area contributed by atoms with E-state index in [2.05, 4.69) is 7.05 Å². The minimum atomic E-state index is -0.134. The van der Waals surface area contributed by atoms with Crippen molar-refractivity contribution in [1.82, 2.24) is 4.90 Å². The summed E-state index contributed by atoms with van der Waals surface area (Å²) in [6.07, 6.45) is 3.14. The maximum absolute atomic E-state index is 9.18. The molecule has 1 N–H and O–H groups in total. The van der Waals surface area contributed by atoms with Crippen LogP contribution < -0.4 is 0 Å². The van der Waals surface area contributed by atoms with Gasteiger partial charge in [0, 0.05) is 13.6 Å². The lowest BCUT2D eigenvalue weighted by atomic mass is 10.2. The van der Waals surface area contributed by atoms with Gasteiger partial charge in [-0.3, -0.25) is 4.90 Å². The van der Waals surface area contributed by atoms with E-state index in [1.165, 1.54) is 6.42 Å². The maximum Gasteiger partial charge on any atom is 0.0667 e. The Morgan fingerprint density at radius 1 is 1.44 bits per heavy atom. The number of nitrogens with zero attached hydrogens (tertiary/aromatic N) is 1. The highest BCUT2D eigenvalue weighted by Gasteiger charge is 2.11. The molecule has 2 nitrogen and oxygen atoms in total. The standard InChI is InChI=1S/C7H14NO/c1-8-5-3-2-4-7(9)6-8/h7,9H,1-6H2. The molecular weight excluding hydrogens is 114 g/mol. The molecular formula is C7H14NO. The monoisotopic (exact) mass is 128 g/mol. The summed E-state index contributed by atoms with van der Waals surface area (Å²) in [6.45, 7) is 1.79. The van der Waals surface area contributed by atoms with E-state index in [-0.39, 0.29) is 6.10 Å². The second-order valence-electron chi connectivity index (χ2n) is 2.73. The smallest absolute Gasteiger partial charge is 0.0667 e. The molecule has 0 amide bonds. The van der Waals surface area contributed by atoms with Gasteiger partial charge >= 0.3 is 0 Å². The first-order valence-corrected chi connectivity index (χ1v) is 3.52. The van der Waals surface area contributed by atoms with Crippen LogP contribution in [0.5, 0.6) is 0 Å². The molecule has 0 aromatic rings. The van der Waals surface area contributed by atoms with E-state index in [1.807, 2.05) is 4.90 Å². The van der Waals surface area contributed by atoms with Crippen molar-refractivity contribution in [2.24, 2.45) is 0 Å². The molecule has 1 rings (SSSR count). The quantitative estimate of drug-likeness (QED) is 0.517. The number of aliphatic hydroxyl groups is 1. The second kappa shape index (κ2) is 3.18. The summed E-state index contributed by atoms with van der Waals surface area (Å²) < 4.78 is 0. The van der Waals surface area contributed by atoms with Crippen LogP contribution in [0.4, 0.5) is 0 Å². The van der Waals surface area contributed by atoms with Crippen LogP contribution in [-0.2, 0) is 0 Å². The van der Waals surface area contributed by atoms with Gasteiger partial charge in [-0.2, -0.15) is 0 Å². The van der Waals surface area contributed by atoms with Crippen molar-refractivity contribution in [2.75, 3.05) is 13.1 Å². The zero-order chi connectivity index (χ0) is 6.69. The van der Waals surface area contributed by atoms with E-state index in [4.69, 9.17) is 0 Å². The van der Waals surface area contributed by atoms with Crippen LogP contribution in [0.25, 0.3) is 0 Å². The normalized spacial score (nSPS) is 32.0. The Balaban J connectivity index is 2.29. The van der Waals surface area contributed by atoms with Crippen LogP contribution in [0, 0.1) is 7.05 Å². The van der Waals surface area contributed by atoms with Gasteiger partial charge in [0.25, 0.3) is 0 Å². The highest BCUT2D eigenvalue weighted by atomic mass is 16.3. The molecule has 1 saturated heterocycles. The summed E-state index contributed by atoms with van der Waals surface area (Å²) in [4.78, 5) is 1.94. The first-order valence-electron chi connectivity index (χ1n) is 3.52. The third kappa shape index (κ3) is 2.33. The molecule has 0 aliphatic carbocycles. The van der Waals surface area contributed by atoms with Crippen molar-refractivity contribution in [1.29, 1.82) is 0 Å². The largest absolute Gasteiger partial charge is 0.392 e. The molecule has 0 aromatic heterocycles. The zero-order valence-corrected chi connectivity index (χ0v) is 5.71. The first-order chi connectivity index (χ1) is 4.29. The minimum Gasteiger partial charge on any atom is -0.392 e. The van der Waals surface area contributed by atoms with E-state index < -0.39 is 0 Å². The third-order valence-corrected chi connectivity index (χ3v) is 1.73. The number of rotatable bonds is 0. The molecule has 1 aliphatic heterocycles. The predicted molar refractivity (Wildman–Crippen MR) is 36.8 cm³/mol. The van der Waals surface area contributed by atoms with Crippen LogP contribution in [0.2, 0.25) is 0 Å². The predicted octanol–water partition coefficient (Wildman–Crippen LogP) is 0.625. The van der Waals surface area contributed by atoms with E-state index in [9.17, 15) is 5.11 Å². The van der Waals surface area contributed by atoms with Crippen molar-refractivity contribution in [3.05, 3.63) is 7.05 Å². The van der Waals surface area contributed by atoms with Gasteiger partial charge in [-0.25, -0.2) is 0 Å². The Bertz CT molecular complexity index is 75.0. The molecule has 0 spiro atoms. The first kappa shape index (κ1) is 7.03. The SMILES string of the molecule is [CH2]N1CCCCC(O)C1. The average molecular weight is 128 g/mol. The fraction of sp³-hybridized carbons (Fsp3) is 0.857. The molecule has 2 heteroatoms. The highest BCUT2D eigenvalue weighted by Crippen LogP contribution is 2.08. The van der Waals surface area contributed by atoms with Crippen LogP contribution in [0.1, 0.15) is 19.3 Å². The average Bonchev–Trinajstić information content (AvgIpc) is 1.93. The number of aliphatic hydroxyl groups excluding tert-OH is 1. The molecule has 1 fully saturated rings. The highest BCUT2D eigenvalue weighted by molar-refractivity contribution is 4.68. The molecule has 1 atom stereocenters. The summed E-state index contributed by atoms with van der Waals surface area (Å²) >= 11 is 0. The van der Waals surface area contributed by atoms with Crippen molar-refractivity contribution in [2.45, 2.75) is 25.4 Å². The van der Waals surface area contributed by atoms with Crippen LogP contribution in [0.3, 0.4) is 0 Å². The Hall–Kier alpha value is -0.0800. The molecule has 0 bridgehead atoms. The van der Waals surface area contributed by atoms with Crippen LogP contribution >= 0.6 is 0 Å². The van der Waals surface area contributed by atoms with E-state index in [0.717, 1.165) is 25.9 Å². The molecule has 53 valence electrons. The number of β-amino-alcohol motifs (C(OH)–C–C–N with tert-alkyl or cyclic N) is 1. The van der Waals surface area contributed by atoms with E-state index in [1.54, 1.807) is 0 Å². The lowest BCUT2D eigenvalue weighted by Crippen LogP contribution is -2.24. The van der Waals surface area contributed by atoms with Gasteiger partial charge in [0.05, 0.1) is 6.10 Å². The van der Waals surface area contributed by atoms with Crippen LogP contribution in [0.15, 0.2) is 0 Å². The molecule has 1 radical (unpaired) electrons. The molecule has 1 unspecified atom stereocenters. The second-order valence-corrected chi connectivity index (χ2v) is 2.73. The maximum atomic E-state index is 9.18. The number of hydrogen-bond donors (Lipinski definition) is 1. The lowest BCUT2D eigenvalue weighted by molar-refractivity contribution is 0.139. The summed E-state index contributed by atoms with van der Waals surface area (Å²) in [5.41, 5.74) is 0. The summed E-state index contributed by atoms with van der Waals surface area (Å²) in [5, 5.41) is 9.18. The van der Waals surface area contributed by atoms with Crippen molar-refractivity contribution in [3.8, 4) is 0 Å². The van der Waals surface area contributed by atoms with Crippen molar-refractivity contribution < 1.29 is 5.11 Å². The van der Waals surface area contributed by atoms with Gasteiger partial charge in [-0.05, 0) is 25.8 Å². The molecule has 9 heavy (non-hydrogen) atoms. The zero-order valence-electron chi connectivity index (χ0n) is 5.71. The van der Waals surface area contributed by atoms with Crippen molar-refractivity contribution in [3.63, 3.8) is 0 Å². The fourth-order valence-electron chi connectivity index (χ4n) is 1.20. The van der Waals surface area contributed by atoms with Gasteiger partial charge in [-0.1, -0.05) is 0 Å². The fourth-order valence-corrected chi connectivity index (χ4v) is 1.20. The third-order valence-electron chi connectivity index (χ3n) is 1.73. The summed E-state index contributed by atoms with van der Waals surface area (Å²) in [7, 11) is 3.78. The lowest BCUT2D eigenvalue weighted by Gasteiger charge is -2.14. The Morgan fingerprint density at radius 3 is 3.00 bits per heavy atom. The molecule has 0 aromatic carbocycles. The Labute approximate surface area is 56.5 Å². The molecule has 1 aliphatic rings. The van der Waals surface area contributed by atoms with Gasteiger partial charge in [-0.15, -0.1) is 0 Å². The molecule has 0 saturated carbocycles. The van der Waals surface area contributed by atoms with Gasteiger partial charge in [0.15, 0.2) is 0 Å². The summed E-state index contributed by atoms with van der Waals surface area (Å²) in [6, 6.07) is 0. The Morgan fingerprint density at radius 2 is 2.22 bits per heavy atom. The van der Waals surface area contributed by atoms with E-state index in [0.29, 0.717) is 0 Å². The van der Waals surface area contributed by atoms with Gasteiger partial charge in [0.1, 0.15) is 0 Å². The summed E-state index contributed by atoms with van der Waals surface area (Å²) in [5.74, 6) is 0. The van der Waals surface area contributed by atoms with Gasteiger partial charge < -0.3 is 5.11 Å². The van der Waals surface area contributed by atoms with E-state index >= 15 is 0 Å². The topological polar surface area (TPSA) is 23.5 Å². The van der Waals surface area contributed by atoms with Crippen molar-refractivity contribution >= 4 is 0 Å². The molecule has 1 heterocycles. The minimum absolute atomic E-state index is 0.134. The Kier molecular flexibility index (Phi) is 2.49. The van der Waals surface area contributed by atoms with Gasteiger partial charge in [0.2, 0.25) is 0 Å². The number of hydrogen-bond acceptors (Lipinski definition) is 2.